The third-order valence-corrected chi connectivity index (χ3v) is 4.41. The van der Waals surface area contributed by atoms with E-state index in [-0.39, 0.29) is 11.9 Å². The van der Waals surface area contributed by atoms with Crippen LogP contribution in [0.25, 0.3) is 11.0 Å². The van der Waals surface area contributed by atoms with E-state index in [2.05, 4.69) is 5.32 Å². The number of ether oxygens (including phenoxy) is 1. The number of carbonyl (C=O) groups excluding carboxylic acids is 1. The molecule has 3 aromatic rings. The Labute approximate surface area is 145 Å². The largest absolute Gasteiger partial charge is 0.497 e. The zero-order chi connectivity index (χ0) is 17.3. The normalized spacial score (nSPS) is 12.2. The molecule has 0 radical (unpaired) electrons. The number of furan rings is 1. The maximum Gasteiger partial charge on any atom is 0.287 e. The number of hydrogen-bond donors (Lipinski definition) is 1. The Balaban J connectivity index is 1.89. The molecule has 0 fully saturated rings. The van der Waals surface area contributed by atoms with E-state index in [0.717, 1.165) is 22.3 Å². The zero-order valence-electron chi connectivity index (χ0n) is 13.7. The molecule has 0 aliphatic heterocycles. The van der Waals surface area contributed by atoms with E-state index >= 15 is 0 Å². The van der Waals surface area contributed by atoms with E-state index in [1.54, 1.807) is 25.3 Å². The highest BCUT2D eigenvalue weighted by molar-refractivity contribution is 6.31. The minimum atomic E-state index is -0.268. The number of amides is 1. The summed E-state index contributed by atoms with van der Waals surface area (Å²) in [6, 6.07) is 12.7. The molecule has 1 N–H and O–H groups in total. The number of carbonyl (C=O) groups is 1. The molecule has 4 nitrogen and oxygen atoms in total. The smallest absolute Gasteiger partial charge is 0.287 e. The summed E-state index contributed by atoms with van der Waals surface area (Å²) in [4.78, 5) is 12.6. The van der Waals surface area contributed by atoms with Gasteiger partial charge in [0, 0.05) is 16.0 Å². The van der Waals surface area contributed by atoms with Crippen LogP contribution in [0, 0.1) is 6.92 Å². The number of halogens is 1. The van der Waals surface area contributed by atoms with Gasteiger partial charge in [0.2, 0.25) is 0 Å². The fourth-order valence-corrected chi connectivity index (χ4v) is 3.01. The Morgan fingerprint density at radius 1 is 1.25 bits per heavy atom. The lowest BCUT2D eigenvalue weighted by Crippen LogP contribution is -2.27. The van der Waals surface area contributed by atoms with Gasteiger partial charge in [-0.15, -0.1) is 0 Å². The fourth-order valence-electron chi connectivity index (χ4n) is 2.71. The molecule has 5 heteroatoms. The molecule has 1 atom stereocenters. The van der Waals surface area contributed by atoms with E-state index in [0.29, 0.717) is 16.4 Å². The number of fused-ring (bicyclic) bond motifs is 1. The van der Waals surface area contributed by atoms with Crippen molar-refractivity contribution in [3.8, 4) is 5.75 Å². The summed E-state index contributed by atoms with van der Waals surface area (Å²) in [6.45, 7) is 3.75. The molecule has 3 rings (SSSR count). The van der Waals surface area contributed by atoms with Crippen LogP contribution in [0.4, 0.5) is 0 Å². The van der Waals surface area contributed by atoms with E-state index in [9.17, 15) is 4.79 Å². The molecule has 24 heavy (non-hydrogen) atoms. The van der Waals surface area contributed by atoms with Crippen LogP contribution in [-0.2, 0) is 0 Å². The molecular formula is C19H18ClNO3. The molecule has 0 bridgehead atoms. The molecule has 1 heterocycles. The molecule has 1 amide bonds. The molecule has 124 valence electrons. The summed E-state index contributed by atoms with van der Waals surface area (Å²) in [7, 11) is 1.61. The molecule has 0 saturated carbocycles. The predicted molar refractivity (Wildman–Crippen MR) is 94.8 cm³/mol. The Kier molecular flexibility index (Phi) is 4.49. The summed E-state index contributed by atoms with van der Waals surface area (Å²) in [5.41, 5.74) is 2.31. The minimum Gasteiger partial charge on any atom is -0.497 e. The maximum absolute atomic E-state index is 12.6. The Hall–Kier alpha value is -2.46. The molecule has 1 aromatic heterocycles. The summed E-state index contributed by atoms with van der Waals surface area (Å²) >= 11 is 6.19. The van der Waals surface area contributed by atoms with Crippen LogP contribution in [0.2, 0.25) is 5.02 Å². The van der Waals surface area contributed by atoms with Gasteiger partial charge in [-0.2, -0.15) is 0 Å². The van der Waals surface area contributed by atoms with Crippen LogP contribution in [0.15, 0.2) is 46.9 Å². The first-order valence-electron chi connectivity index (χ1n) is 7.63. The SMILES string of the molecule is COc1ccc2oc(C(=O)N[C@H](C)c3ccccc3Cl)c(C)c2c1. The second-order valence-corrected chi connectivity index (χ2v) is 6.04. The van der Waals surface area contributed by atoms with Crippen LogP contribution in [0.1, 0.15) is 34.6 Å². The van der Waals surface area contributed by atoms with Gasteiger partial charge < -0.3 is 14.5 Å². The standard InChI is InChI=1S/C19H18ClNO3/c1-11-15-10-13(23-3)8-9-17(15)24-18(11)19(22)21-12(2)14-6-4-5-7-16(14)20/h4-10,12H,1-3H3,(H,21,22)/t12-/m1/s1. The first kappa shape index (κ1) is 16.4. The number of hydrogen-bond acceptors (Lipinski definition) is 3. The quantitative estimate of drug-likeness (QED) is 0.733. The first-order valence-corrected chi connectivity index (χ1v) is 8.01. The van der Waals surface area contributed by atoms with Crippen molar-refractivity contribution >= 4 is 28.5 Å². The first-order chi connectivity index (χ1) is 11.5. The predicted octanol–water partition coefficient (Wildman–Crippen LogP) is 4.89. The monoisotopic (exact) mass is 343 g/mol. The van der Waals surface area contributed by atoms with Gasteiger partial charge in [0.25, 0.3) is 5.91 Å². The van der Waals surface area contributed by atoms with Gasteiger partial charge in [-0.3, -0.25) is 4.79 Å². The van der Waals surface area contributed by atoms with Crippen molar-refractivity contribution in [3.05, 3.63) is 64.4 Å². The Morgan fingerprint density at radius 2 is 2.00 bits per heavy atom. The van der Waals surface area contributed by atoms with E-state index in [4.69, 9.17) is 20.8 Å². The van der Waals surface area contributed by atoms with Crippen molar-refractivity contribution < 1.29 is 13.9 Å². The maximum atomic E-state index is 12.6. The molecule has 0 spiro atoms. The number of benzene rings is 2. The highest BCUT2D eigenvalue weighted by Crippen LogP contribution is 2.29. The molecule has 0 unspecified atom stereocenters. The van der Waals surface area contributed by atoms with Gasteiger partial charge in [0.05, 0.1) is 13.2 Å². The Morgan fingerprint density at radius 3 is 2.71 bits per heavy atom. The summed E-state index contributed by atoms with van der Waals surface area (Å²) < 4.78 is 11.0. The van der Waals surface area contributed by atoms with Crippen molar-refractivity contribution in [2.45, 2.75) is 19.9 Å². The highest BCUT2D eigenvalue weighted by atomic mass is 35.5. The lowest BCUT2D eigenvalue weighted by Gasteiger charge is -2.15. The lowest BCUT2D eigenvalue weighted by molar-refractivity contribution is 0.0913. The topological polar surface area (TPSA) is 51.5 Å². The van der Waals surface area contributed by atoms with Gasteiger partial charge in [-0.05, 0) is 43.7 Å². The summed E-state index contributed by atoms with van der Waals surface area (Å²) in [6.07, 6.45) is 0. The summed E-state index contributed by atoms with van der Waals surface area (Å²) in [5.74, 6) is 0.759. The second kappa shape index (κ2) is 6.57. The lowest BCUT2D eigenvalue weighted by atomic mass is 10.1. The molecule has 0 aliphatic rings. The van der Waals surface area contributed by atoms with Crippen molar-refractivity contribution in [1.82, 2.24) is 5.32 Å². The number of rotatable bonds is 4. The molecule has 2 aromatic carbocycles. The van der Waals surface area contributed by atoms with Gasteiger partial charge in [0.1, 0.15) is 11.3 Å². The Bertz CT molecular complexity index is 901. The zero-order valence-corrected chi connectivity index (χ0v) is 14.5. The number of aryl methyl sites for hydroxylation is 1. The van der Waals surface area contributed by atoms with E-state index in [1.807, 2.05) is 38.1 Å². The molecule has 0 saturated heterocycles. The highest BCUT2D eigenvalue weighted by Gasteiger charge is 2.20. The van der Waals surface area contributed by atoms with Gasteiger partial charge in [-0.1, -0.05) is 29.8 Å². The van der Waals surface area contributed by atoms with Crippen LogP contribution in [-0.4, -0.2) is 13.0 Å². The fraction of sp³-hybridized carbons (Fsp3) is 0.211. The summed E-state index contributed by atoms with van der Waals surface area (Å²) in [5, 5.41) is 4.42. The van der Waals surface area contributed by atoms with Crippen LogP contribution in [0.3, 0.4) is 0 Å². The van der Waals surface area contributed by atoms with Crippen molar-refractivity contribution in [2.24, 2.45) is 0 Å². The van der Waals surface area contributed by atoms with Crippen LogP contribution in [0.5, 0.6) is 5.75 Å². The van der Waals surface area contributed by atoms with Gasteiger partial charge in [-0.25, -0.2) is 0 Å². The third kappa shape index (κ3) is 2.97. The molecular weight excluding hydrogens is 326 g/mol. The number of methoxy groups -OCH3 is 1. The average molecular weight is 344 g/mol. The third-order valence-electron chi connectivity index (χ3n) is 4.07. The van der Waals surface area contributed by atoms with Crippen molar-refractivity contribution in [3.63, 3.8) is 0 Å². The van der Waals surface area contributed by atoms with E-state index in [1.165, 1.54) is 0 Å². The van der Waals surface area contributed by atoms with Gasteiger partial charge >= 0.3 is 0 Å². The van der Waals surface area contributed by atoms with Crippen molar-refractivity contribution in [2.75, 3.05) is 7.11 Å². The minimum absolute atomic E-state index is 0.228. The van der Waals surface area contributed by atoms with Crippen LogP contribution >= 0.6 is 11.6 Å². The average Bonchev–Trinajstić information content (AvgIpc) is 2.91. The van der Waals surface area contributed by atoms with Gasteiger partial charge in [0.15, 0.2) is 5.76 Å². The van der Waals surface area contributed by atoms with E-state index < -0.39 is 0 Å². The van der Waals surface area contributed by atoms with Crippen molar-refractivity contribution in [1.29, 1.82) is 0 Å². The number of nitrogens with one attached hydrogen (secondary N) is 1. The van der Waals surface area contributed by atoms with Crippen LogP contribution < -0.4 is 10.1 Å². The second-order valence-electron chi connectivity index (χ2n) is 5.63. The molecule has 0 aliphatic carbocycles.